The molecule has 0 aliphatic carbocycles. The lowest BCUT2D eigenvalue weighted by Gasteiger charge is -2.15. The number of hydrogen-bond donors (Lipinski definition) is 0. The molecule has 0 saturated heterocycles. The first-order valence-electron chi connectivity index (χ1n) is 18.9. The fourth-order valence-corrected chi connectivity index (χ4v) is 8.19. The van der Waals surface area contributed by atoms with E-state index in [2.05, 4.69) is 173 Å². The lowest BCUT2D eigenvalue weighted by atomic mass is 10.0. The van der Waals surface area contributed by atoms with Crippen LogP contribution >= 0.6 is 0 Å². The van der Waals surface area contributed by atoms with Gasteiger partial charge in [-0.25, -0.2) is 4.98 Å². The van der Waals surface area contributed by atoms with E-state index >= 15 is 0 Å². The van der Waals surface area contributed by atoms with E-state index in [0.717, 1.165) is 49.7 Å². The van der Waals surface area contributed by atoms with Gasteiger partial charge in [-0.15, -0.1) is 0 Å². The minimum Gasteiger partial charge on any atom is -0.307 e. The second kappa shape index (κ2) is 13.0. The van der Waals surface area contributed by atoms with Crippen LogP contribution in [0.2, 0.25) is 0 Å². The Kier molecular flexibility index (Phi) is 7.42. The molecule has 0 unspecified atom stereocenters. The van der Waals surface area contributed by atoms with Crippen LogP contribution in [0.3, 0.4) is 0 Å². The Morgan fingerprint density at radius 2 is 0.732 bits per heavy atom. The van der Waals surface area contributed by atoms with Gasteiger partial charge in [0.15, 0.2) is 11.6 Å². The largest absolute Gasteiger partial charge is 0.307 e. The fraction of sp³-hybridized carbons (Fsp3) is 0. The molecule has 5 heteroatoms. The number of hydrogen-bond acceptors (Lipinski definition) is 3. The van der Waals surface area contributed by atoms with Crippen molar-refractivity contribution in [1.29, 1.82) is 0 Å². The molecule has 0 spiro atoms. The molecule has 0 radical (unpaired) electrons. The molecule has 11 aromatic rings. The van der Waals surface area contributed by atoms with Gasteiger partial charge in [-0.2, -0.15) is 9.97 Å². The Hall–Kier alpha value is -7.63. The molecule has 3 aromatic heterocycles. The number of rotatable bonds is 6. The number of aromatic nitrogens is 5. The Balaban J connectivity index is 1.24. The van der Waals surface area contributed by atoms with Gasteiger partial charge in [-0.3, -0.25) is 4.57 Å². The van der Waals surface area contributed by atoms with Crippen LogP contribution in [0.15, 0.2) is 200 Å². The maximum Gasteiger partial charge on any atom is 0.238 e. The average molecular weight is 716 g/mol. The minimum atomic E-state index is 0.565. The molecule has 0 aliphatic rings. The number of para-hydroxylation sites is 2. The van der Waals surface area contributed by atoms with Crippen LogP contribution in [0, 0.1) is 0 Å². The molecular weight excluding hydrogens is 683 g/mol. The van der Waals surface area contributed by atoms with Gasteiger partial charge in [-0.05, 0) is 58.7 Å². The van der Waals surface area contributed by atoms with Crippen molar-refractivity contribution in [3.05, 3.63) is 200 Å². The van der Waals surface area contributed by atoms with Crippen LogP contribution in [-0.2, 0) is 0 Å². The molecule has 8 aromatic carbocycles. The van der Waals surface area contributed by atoms with E-state index in [9.17, 15) is 0 Å². The van der Waals surface area contributed by atoms with Gasteiger partial charge in [0.25, 0.3) is 0 Å². The van der Waals surface area contributed by atoms with Crippen molar-refractivity contribution in [2.45, 2.75) is 0 Å². The highest BCUT2D eigenvalue weighted by Gasteiger charge is 2.23. The highest BCUT2D eigenvalue weighted by molar-refractivity contribution is 6.16. The normalized spacial score (nSPS) is 11.6. The SMILES string of the molecule is c1ccc(-c2ccc3c(c2)c2cc(-c4ccccc4)ccc2n3-c2cccc3c4ccccc4n(-c4nc(-c5ccccc5)nc(-c5ccccc5)n4)c23)cc1. The Labute approximate surface area is 323 Å². The summed E-state index contributed by atoms with van der Waals surface area (Å²) in [6, 6.07) is 70.5. The van der Waals surface area contributed by atoms with Crippen LogP contribution in [0.25, 0.3) is 100 Å². The van der Waals surface area contributed by atoms with E-state index in [1.807, 2.05) is 36.4 Å². The number of benzene rings is 8. The monoisotopic (exact) mass is 715 g/mol. The van der Waals surface area contributed by atoms with Gasteiger partial charge < -0.3 is 4.57 Å². The van der Waals surface area contributed by atoms with Gasteiger partial charge in [0.05, 0.1) is 27.8 Å². The standard InChI is InChI=1S/C51H33N5/c1-5-16-34(17-6-1)38-28-30-45-42(32-38)43-33-39(35-18-7-2-8-19-35)29-31-46(43)55(45)47-27-15-25-41-40-24-13-14-26-44(40)56(48(41)47)51-53-49(36-20-9-3-10-21-36)52-50(54-51)37-22-11-4-12-23-37/h1-33H. The molecule has 5 nitrogen and oxygen atoms in total. The Bertz CT molecular complexity index is 3070. The van der Waals surface area contributed by atoms with Gasteiger partial charge in [0.2, 0.25) is 5.95 Å². The van der Waals surface area contributed by atoms with Crippen molar-refractivity contribution in [3.63, 3.8) is 0 Å². The fourth-order valence-electron chi connectivity index (χ4n) is 8.19. The molecule has 3 heterocycles. The first-order chi connectivity index (χ1) is 27.8. The maximum atomic E-state index is 5.24. The highest BCUT2D eigenvalue weighted by Crippen LogP contribution is 2.41. The topological polar surface area (TPSA) is 48.5 Å². The van der Waals surface area contributed by atoms with E-state index in [1.165, 1.54) is 33.0 Å². The van der Waals surface area contributed by atoms with Crippen LogP contribution in [0.1, 0.15) is 0 Å². The molecule has 0 amide bonds. The van der Waals surface area contributed by atoms with Crippen molar-refractivity contribution in [2.24, 2.45) is 0 Å². The zero-order chi connectivity index (χ0) is 37.0. The first-order valence-corrected chi connectivity index (χ1v) is 18.9. The van der Waals surface area contributed by atoms with E-state index in [4.69, 9.17) is 15.0 Å². The summed E-state index contributed by atoms with van der Waals surface area (Å²) in [6.45, 7) is 0. The van der Waals surface area contributed by atoms with Crippen LogP contribution < -0.4 is 0 Å². The van der Waals surface area contributed by atoms with Crippen molar-refractivity contribution in [3.8, 4) is 56.7 Å². The van der Waals surface area contributed by atoms with Crippen molar-refractivity contribution in [2.75, 3.05) is 0 Å². The van der Waals surface area contributed by atoms with Crippen LogP contribution in [-0.4, -0.2) is 24.1 Å². The van der Waals surface area contributed by atoms with Gasteiger partial charge >= 0.3 is 0 Å². The van der Waals surface area contributed by atoms with Crippen molar-refractivity contribution in [1.82, 2.24) is 24.1 Å². The summed E-state index contributed by atoms with van der Waals surface area (Å²) in [6.07, 6.45) is 0. The molecule has 0 saturated carbocycles. The summed E-state index contributed by atoms with van der Waals surface area (Å²) in [4.78, 5) is 15.5. The van der Waals surface area contributed by atoms with Crippen LogP contribution in [0.4, 0.5) is 0 Å². The quantitative estimate of drug-likeness (QED) is 0.172. The highest BCUT2D eigenvalue weighted by atomic mass is 15.2. The predicted octanol–water partition coefficient (Wildman–Crippen LogP) is 12.7. The Morgan fingerprint density at radius 3 is 1.27 bits per heavy atom. The molecular formula is C51H33N5. The predicted molar refractivity (Wildman–Crippen MR) is 230 cm³/mol. The second-order valence-electron chi connectivity index (χ2n) is 14.1. The van der Waals surface area contributed by atoms with Crippen LogP contribution in [0.5, 0.6) is 0 Å². The second-order valence-corrected chi connectivity index (χ2v) is 14.1. The first kappa shape index (κ1) is 31.9. The molecule has 0 bridgehead atoms. The molecule has 56 heavy (non-hydrogen) atoms. The zero-order valence-corrected chi connectivity index (χ0v) is 30.3. The lowest BCUT2D eigenvalue weighted by molar-refractivity contribution is 0.950. The lowest BCUT2D eigenvalue weighted by Crippen LogP contribution is -2.08. The summed E-state index contributed by atoms with van der Waals surface area (Å²) < 4.78 is 4.65. The van der Waals surface area contributed by atoms with E-state index in [-0.39, 0.29) is 0 Å². The minimum absolute atomic E-state index is 0.565. The summed E-state index contributed by atoms with van der Waals surface area (Å²) in [5.41, 5.74) is 11.9. The van der Waals surface area contributed by atoms with Gasteiger partial charge in [0, 0.05) is 32.7 Å². The third-order valence-electron chi connectivity index (χ3n) is 10.8. The maximum absolute atomic E-state index is 5.24. The number of fused-ring (bicyclic) bond motifs is 6. The van der Waals surface area contributed by atoms with Gasteiger partial charge in [0.1, 0.15) is 0 Å². The van der Waals surface area contributed by atoms with E-state index in [1.54, 1.807) is 0 Å². The molecule has 0 atom stereocenters. The summed E-state index contributed by atoms with van der Waals surface area (Å²) in [5, 5.41) is 4.64. The average Bonchev–Trinajstić information content (AvgIpc) is 3.80. The molecule has 0 aliphatic heterocycles. The van der Waals surface area contributed by atoms with Crippen molar-refractivity contribution < 1.29 is 0 Å². The summed E-state index contributed by atoms with van der Waals surface area (Å²) >= 11 is 0. The summed E-state index contributed by atoms with van der Waals surface area (Å²) in [5.74, 6) is 1.81. The van der Waals surface area contributed by atoms with Crippen molar-refractivity contribution >= 4 is 43.6 Å². The third kappa shape index (κ3) is 5.21. The number of nitrogens with zero attached hydrogens (tertiary/aromatic N) is 5. The molecule has 0 fully saturated rings. The molecule has 0 N–H and O–H groups in total. The van der Waals surface area contributed by atoms with Gasteiger partial charge in [-0.1, -0.05) is 164 Å². The summed E-state index contributed by atoms with van der Waals surface area (Å²) in [7, 11) is 0. The zero-order valence-electron chi connectivity index (χ0n) is 30.3. The smallest absolute Gasteiger partial charge is 0.238 e. The van der Waals surface area contributed by atoms with E-state index < -0.39 is 0 Å². The molecule has 11 rings (SSSR count). The van der Waals surface area contributed by atoms with E-state index in [0.29, 0.717) is 17.6 Å². The third-order valence-corrected chi connectivity index (χ3v) is 10.8. The Morgan fingerprint density at radius 1 is 0.286 bits per heavy atom. The molecule has 262 valence electrons.